The number of carbonyl (C=O) groups excluding carboxylic acids is 2. The Hall–Kier alpha value is -3.25. The third-order valence-corrected chi connectivity index (χ3v) is 7.73. The van der Waals surface area contributed by atoms with Crippen LogP contribution in [0, 0.1) is 5.41 Å². The number of ether oxygens (including phenoxy) is 1. The third kappa shape index (κ3) is 4.28. The molecule has 1 aromatic heterocycles. The van der Waals surface area contributed by atoms with Gasteiger partial charge >= 0.3 is 6.18 Å². The largest absolute Gasteiger partial charge is 0.497 e. The summed E-state index contributed by atoms with van der Waals surface area (Å²) < 4.78 is 77.6. The molecule has 0 saturated heterocycles. The smallest absolute Gasteiger partial charge is 0.421 e. The molecule has 1 aliphatic carbocycles. The van der Waals surface area contributed by atoms with Gasteiger partial charge in [0.05, 0.1) is 24.1 Å². The topological polar surface area (TPSA) is 106 Å². The maximum Gasteiger partial charge on any atom is 0.421 e. The van der Waals surface area contributed by atoms with Crippen LogP contribution in [0.4, 0.5) is 13.2 Å². The van der Waals surface area contributed by atoms with Gasteiger partial charge in [0.25, 0.3) is 5.91 Å². The van der Waals surface area contributed by atoms with Gasteiger partial charge in [-0.15, -0.1) is 0 Å². The molecule has 1 N–H and O–H groups in total. The molecule has 12 heteroatoms. The highest BCUT2D eigenvalue weighted by atomic mass is 32.2. The van der Waals surface area contributed by atoms with Gasteiger partial charge in [-0.25, -0.2) is 8.42 Å². The first-order chi connectivity index (χ1) is 16.7. The lowest BCUT2D eigenvalue weighted by Crippen LogP contribution is -2.66. The predicted molar refractivity (Wildman–Crippen MR) is 122 cm³/mol. The van der Waals surface area contributed by atoms with Crippen LogP contribution in [0.3, 0.4) is 0 Å². The Morgan fingerprint density at radius 1 is 1.11 bits per heavy atom. The van der Waals surface area contributed by atoms with Crippen molar-refractivity contribution in [2.75, 3.05) is 7.11 Å². The van der Waals surface area contributed by atoms with E-state index in [1.807, 2.05) is 0 Å². The Morgan fingerprint density at radius 2 is 1.78 bits per heavy atom. The number of pyridine rings is 1. The van der Waals surface area contributed by atoms with Crippen molar-refractivity contribution in [1.29, 1.82) is 0 Å². The second-order valence-electron chi connectivity index (χ2n) is 9.54. The second-order valence-corrected chi connectivity index (χ2v) is 11.2. The molecule has 36 heavy (non-hydrogen) atoms. The number of amides is 1. The molecule has 1 aromatic carbocycles. The fourth-order valence-corrected chi connectivity index (χ4v) is 5.97. The van der Waals surface area contributed by atoms with Crippen LogP contribution in [0.5, 0.6) is 5.75 Å². The number of aromatic nitrogens is 1. The predicted octanol–water partition coefficient (Wildman–Crippen LogP) is 3.36. The van der Waals surface area contributed by atoms with E-state index in [2.05, 4.69) is 4.98 Å². The highest BCUT2D eigenvalue weighted by Crippen LogP contribution is 2.52. The number of sulfonamides is 1. The lowest BCUT2D eigenvalue weighted by Gasteiger charge is -2.35. The van der Waals surface area contributed by atoms with Crippen molar-refractivity contribution >= 4 is 21.7 Å². The van der Waals surface area contributed by atoms with Crippen LogP contribution in [0.2, 0.25) is 0 Å². The average molecular weight is 524 g/mol. The number of alkyl halides is 3. The summed E-state index contributed by atoms with van der Waals surface area (Å²) in [4.78, 5) is 31.1. The molecule has 4 rings (SSSR count). The maximum atomic E-state index is 14.9. The summed E-state index contributed by atoms with van der Waals surface area (Å²) >= 11 is 0. The maximum absolute atomic E-state index is 14.9. The van der Waals surface area contributed by atoms with Crippen molar-refractivity contribution in [2.24, 2.45) is 5.41 Å². The molecule has 1 amide bonds. The molecule has 0 radical (unpaired) electrons. The van der Waals surface area contributed by atoms with Gasteiger partial charge in [-0.2, -0.15) is 17.9 Å². The molecular weight excluding hydrogens is 499 g/mol. The molecule has 2 aromatic rings. The minimum absolute atomic E-state index is 0.0256. The lowest BCUT2D eigenvalue weighted by atomic mass is 9.72. The van der Waals surface area contributed by atoms with Crippen molar-refractivity contribution in [1.82, 2.24) is 14.6 Å². The summed E-state index contributed by atoms with van der Waals surface area (Å²) in [6, 6.07) is 7.77. The summed E-state index contributed by atoms with van der Waals surface area (Å²) in [6.07, 6.45) is -2.90. The first-order valence-corrected chi connectivity index (χ1v) is 12.4. The Bertz CT molecular complexity index is 1340. The summed E-state index contributed by atoms with van der Waals surface area (Å²) in [6.45, 7) is 3.10. The Morgan fingerprint density at radius 3 is 2.33 bits per heavy atom. The molecule has 1 unspecified atom stereocenters. The molecule has 192 valence electrons. The summed E-state index contributed by atoms with van der Waals surface area (Å²) in [5.74, 6) is -2.22. The Balaban J connectivity index is 1.90. The monoisotopic (exact) mass is 523 g/mol. The van der Waals surface area contributed by atoms with Gasteiger partial charge in [0.2, 0.25) is 15.6 Å². The molecule has 1 atom stereocenters. The lowest BCUT2D eigenvalue weighted by molar-refractivity contribution is -0.189. The number of nitrogens with one attached hydrogen (secondary N) is 1. The molecule has 0 saturated carbocycles. The zero-order valence-corrected chi connectivity index (χ0v) is 20.5. The van der Waals surface area contributed by atoms with E-state index < -0.39 is 49.3 Å². The van der Waals surface area contributed by atoms with E-state index in [0.717, 1.165) is 17.0 Å². The van der Waals surface area contributed by atoms with Crippen LogP contribution < -0.4 is 9.46 Å². The van der Waals surface area contributed by atoms with E-state index in [9.17, 15) is 31.2 Å². The summed E-state index contributed by atoms with van der Waals surface area (Å²) in [7, 11) is -3.57. The number of nitrogens with zero attached hydrogens (tertiary/aromatic N) is 2. The van der Waals surface area contributed by atoms with E-state index in [-0.39, 0.29) is 30.8 Å². The number of hydrogen-bond donors (Lipinski definition) is 1. The van der Waals surface area contributed by atoms with Crippen LogP contribution in [-0.2, 0) is 26.2 Å². The van der Waals surface area contributed by atoms with Crippen molar-refractivity contribution < 1.29 is 35.9 Å². The molecule has 1 aliphatic heterocycles. The summed E-state index contributed by atoms with van der Waals surface area (Å²) in [5.41, 5.74) is -5.10. The number of allylic oxidation sites excluding steroid dienone is 1. The number of ketones is 1. The second kappa shape index (κ2) is 8.70. The highest BCUT2D eigenvalue weighted by Gasteiger charge is 2.72. The van der Waals surface area contributed by atoms with Gasteiger partial charge in [-0.1, -0.05) is 19.9 Å². The first kappa shape index (κ1) is 25.8. The number of rotatable bonds is 6. The first-order valence-electron chi connectivity index (χ1n) is 10.9. The number of benzene rings is 1. The molecule has 2 heterocycles. The number of methoxy groups -OCH3 is 1. The number of carbonyl (C=O) groups is 2. The summed E-state index contributed by atoms with van der Waals surface area (Å²) in [5, 5.41) is 0. The van der Waals surface area contributed by atoms with E-state index in [1.54, 1.807) is 30.7 Å². The van der Waals surface area contributed by atoms with E-state index in [1.165, 1.54) is 31.6 Å². The molecule has 0 spiro atoms. The van der Waals surface area contributed by atoms with E-state index in [4.69, 9.17) is 4.74 Å². The molecule has 0 bridgehead atoms. The van der Waals surface area contributed by atoms with Crippen molar-refractivity contribution in [3.05, 3.63) is 65.6 Å². The van der Waals surface area contributed by atoms with Gasteiger partial charge in [0.1, 0.15) is 5.75 Å². The van der Waals surface area contributed by atoms with E-state index in [0.29, 0.717) is 5.56 Å². The number of halogens is 3. The SMILES string of the molecule is COc1ccc(S(=O)(=O)NC2(C(F)(F)F)C(=O)N(Cc3cccnc3)C3=C2C(=O)CC(C)(C)C3)cc1. The van der Waals surface area contributed by atoms with Crippen molar-refractivity contribution in [3.8, 4) is 5.75 Å². The highest BCUT2D eigenvalue weighted by molar-refractivity contribution is 7.89. The van der Waals surface area contributed by atoms with Crippen molar-refractivity contribution in [2.45, 2.75) is 49.8 Å². The van der Waals surface area contributed by atoms with Gasteiger partial charge in [0.15, 0.2) is 5.78 Å². The van der Waals surface area contributed by atoms with Crippen molar-refractivity contribution in [3.63, 3.8) is 0 Å². The quantitative estimate of drug-likeness (QED) is 0.623. The molecular formula is C24H24F3N3O5S. The number of Topliss-reactive ketones (excluding diaryl/α,β-unsaturated/α-hetero) is 1. The Kier molecular flexibility index (Phi) is 6.24. The van der Waals surface area contributed by atoms with Gasteiger partial charge in [0, 0.05) is 24.5 Å². The molecule has 0 fully saturated rings. The standard InChI is InChI=1S/C24H24F3N3O5S/c1-22(2)11-18-20(19(31)12-22)23(24(25,26)27,21(32)30(18)14-15-5-4-10-28-13-15)29-36(33,34)17-8-6-16(35-3)7-9-17/h4-10,13,29H,11-12,14H2,1-3H3. The van der Waals surface area contributed by atoms with Crippen LogP contribution in [0.25, 0.3) is 0 Å². The molecule has 8 nitrogen and oxygen atoms in total. The van der Waals surface area contributed by atoms with Gasteiger partial charge in [-0.3, -0.25) is 14.6 Å². The fourth-order valence-electron chi connectivity index (χ4n) is 4.65. The van der Waals surface area contributed by atoms with Crippen LogP contribution in [-0.4, -0.2) is 48.8 Å². The minimum atomic E-state index is -5.45. The van der Waals surface area contributed by atoms with Gasteiger partial charge < -0.3 is 9.64 Å². The normalized spacial score (nSPS) is 22.1. The van der Waals surface area contributed by atoms with Crippen LogP contribution in [0.1, 0.15) is 32.3 Å². The van der Waals surface area contributed by atoms with E-state index >= 15 is 0 Å². The number of hydrogen-bond acceptors (Lipinski definition) is 6. The van der Waals surface area contributed by atoms with Crippen LogP contribution >= 0.6 is 0 Å². The molecule has 2 aliphatic rings. The minimum Gasteiger partial charge on any atom is -0.497 e. The fraction of sp³-hybridized carbons (Fsp3) is 0.375. The zero-order valence-electron chi connectivity index (χ0n) is 19.7. The average Bonchev–Trinajstić information content (AvgIpc) is 3.02. The van der Waals surface area contributed by atoms with Crippen LogP contribution in [0.15, 0.2) is 65.0 Å². The third-order valence-electron chi connectivity index (χ3n) is 6.27. The Labute approximate surface area is 206 Å². The zero-order chi connectivity index (χ0) is 26.5. The van der Waals surface area contributed by atoms with Gasteiger partial charge in [-0.05, 0) is 47.7 Å².